The first-order valence-electron chi connectivity index (χ1n) is 6.53. The molecule has 0 aliphatic rings. The van der Waals surface area contributed by atoms with Gasteiger partial charge >= 0.3 is 0 Å². The van der Waals surface area contributed by atoms with Crippen LogP contribution in [0.4, 0.5) is 4.39 Å². The Morgan fingerprint density at radius 1 is 1.10 bits per heavy atom. The highest BCUT2D eigenvalue weighted by Gasteiger charge is 2.03. The van der Waals surface area contributed by atoms with Crippen molar-refractivity contribution in [3.05, 3.63) is 53.8 Å². The molecule has 0 unspecified atom stereocenters. The largest absolute Gasteiger partial charge is 0.457 e. The van der Waals surface area contributed by atoms with Gasteiger partial charge in [-0.2, -0.15) is 0 Å². The second-order valence-corrected chi connectivity index (χ2v) is 5.23. The molecule has 0 saturated carbocycles. The van der Waals surface area contributed by atoms with Crippen LogP contribution in [0.25, 0.3) is 0 Å². The maximum atomic E-state index is 13.6. The minimum atomic E-state index is -0.281. The summed E-state index contributed by atoms with van der Waals surface area (Å²) in [5.74, 6) is 0.953. The third kappa shape index (κ3) is 4.25. The molecule has 2 aromatic carbocycles. The first-order chi connectivity index (χ1) is 9.71. The fourth-order valence-corrected chi connectivity index (χ4v) is 2.24. The summed E-state index contributed by atoms with van der Waals surface area (Å²) in [6, 6.07) is 12.5. The van der Waals surface area contributed by atoms with Crippen LogP contribution in [0.15, 0.2) is 47.4 Å². The van der Waals surface area contributed by atoms with Gasteiger partial charge in [-0.3, -0.25) is 0 Å². The van der Waals surface area contributed by atoms with Crippen LogP contribution in [0.1, 0.15) is 12.5 Å². The van der Waals surface area contributed by atoms with Gasteiger partial charge in [-0.1, -0.05) is 6.92 Å². The van der Waals surface area contributed by atoms with Gasteiger partial charge in [0, 0.05) is 17.5 Å². The van der Waals surface area contributed by atoms with E-state index in [1.165, 1.54) is 17.0 Å². The van der Waals surface area contributed by atoms with Gasteiger partial charge in [-0.15, -0.1) is 11.8 Å². The van der Waals surface area contributed by atoms with Gasteiger partial charge in [0.25, 0.3) is 0 Å². The van der Waals surface area contributed by atoms with Crippen LogP contribution < -0.4 is 10.1 Å². The predicted octanol–water partition coefficient (Wildman–Crippen LogP) is 4.45. The zero-order valence-electron chi connectivity index (χ0n) is 11.7. The summed E-state index contributed by atoms with van der Waals surface area (Å²) in [5.41, 5.74) is 0.877. The number of hydrogen-bond donors (Lipinski definition) is 1. The molecule has 0 radical (unpaired) electrons. The zero-order chi connectivity index (χ0) is 14.4. The molecular weight excluding hydrogens is 273 g/mol. The van der Waals surface area contributed by atoms with E-state index in [9.17, 15) is 4.39 Å². The van der Waals surface area contributed by atoms with Gasteiger partial charge in [0.1, 0.15) is 17.3 Å². The second-order valence-electron chi connectivity index (χ2n) is 4.35. The van der Waals surface area contributed by atoms with E-state index in [2.05, 4.69) is 5.32 Å². The second kappa shape index (κ2) is 7.31. The van der Waals surface area contributed by atoms with Crippen molar-refractivity contribution in [2.45, 2.75) is 18.4 Å². The third-order valence-electron chi connectivity index (χ3n) is 2.81. The molecule has 0 spiro atoms. The van der Waals surface area contributed by atoms with Crippen LogP contribution in [0.3, 0.4) is 0 Å². The fourth-order valence-electron chi connectivity index (χ4n) is 1.83. The average molecular weight is 291 g/mol. The van der Waals surface area contributed by atoms with E-state index in [-0.39, 0.29) is 5.82 Å². The number of benzene rings is 2. The predicted molar refractivity (Wildman–Crippen MR) is 82.1 cm³/mol. The van der Waals surface area contributed by atoms with Crippen LogP contribution >= 0.6 is 11.8 Å². The van der Waals surface area contributed by atoms with Crippen LogP contribution in [0.5, 0.6) is 11.5 Å². The Hall–Kier alpha value is -1.52. The molecule has 0 atom stereocenters. The topological polar surface area (TPSA) is 21.3 Å². The summed E-state index contributed by atoms with van der Waals surface area (Å²) < 4.78 is 19.3. The van der Waals surface area contributed by atoms with Gasteiger partial charge in [0.15, 0.2) is 0 Å². The van der Waals surface area contributed by atoms with Crippen molar-refractivity contribution in [1.29, 1.82) is 0 Å². The van der Waals surface area contributed by atoms with E-state index < -0.39 is 0 Å². The molecule has 4 heteroatoms. The van der Waals surface area contributed by atoms with Gasteiger partial charge < -0.3 is 10.1 Å². The molecule has 106 valence electrons. The molecule has 0 aromatic heterocycles. The quantitative estimate of drug-likeness (QED) is 0.795. The van der Waals surface area contributed by atoms with Crippen molar-refractivity contribution in [3.63, 3.8) is 0 Å². The number of ether oxygens (including phenoxy) is 1. The molecule has 0 aliphatic carbocycles. The smallest absolute Gasteiger partial charge is 0.130 e. The molecule has 0 amide bonds. The van der Waals surface area contributed by atoms with Crippen LogP contribution in [0, 0.1) is 5.82 Å². The Bertz CT molecular complexity index is 557. The van der Waals surface area contributed by atoms with Gasteiger partial charge in [-0.05, 0) is 54.8 Å². The normalized spacial score (nSPS) is 10.6. The van der Waals surface area contributed by atoms with E-state index in [1.807, 2.05) is 43.5 Å². The summed E-state index contributed by atoms with van der Waals surface area (Å²) in [7, 11) is 0. The lowest BCUT2D eigenvalue weighted by Gasteiger charge is -2.09. The van der Waals surface area contributed by atoms with E-state index >= 15 is 0 Å². The summed E-state index contributed by atoms with van der Waals surface area (Å²) in [4.78, 5) is 1.17. The lowest BCUT2D eigenvalue weighted by atomic mass is 10.2. The Balaban J connectivity index is 2.12. The molecule has 0 bridgehead atoms. The van der Waals surface area contributed by atoms with Gasteiger partial charge in [0.05, 0.1) is 0 Å². The molecule has 0 fully saturated rings. The fraction of sp³-hybridized carbons (Fsp3) is 0.250. The Kier molecular flexibility index (Phi) is 5.44. The maximum absolute atomic E-state index is 13.6. The standard InChI is InChI=1S/C16H18FNOS/c1-3-18-11-12-8-13(17)10-15(9-12)19-14-4-6-16(20-2)7-5-14/h4-10,18H,3,11H2,1-2H3. The monoisotopic (exact) mass is 291 g/mol. The van der Waals surface area contributed by atoms with E-state index in [0.29, 0.717) is 18.0 Å². The van der Waals surface area contributed by atoms with E-state index in [0.717, 1.165) is 12.1 Å². The number of rotatable bonds is 6. The van der Waals surface area contributed by atoms with Crippen LogP contribution in [-0.4, -0.2) is 12.8 Å². The highest BCUT2D eigenvalue weighted by atomic mass is 32.2. The highest BCUT2D eigenvalue weighted by Crippen LogP contribution is 2.25. The number of thioether (sulfide) groups is 1. The van der Waals surface area contributed by atoms with Gasteiger partial charge in [-0.25, -0.2) is 4.39 Å². The molecule has 0 saturated heterocycles. The summed E-state index contributed by atoms with van der Waals surface area (Å²) in [6.45, 7) is 3.50. The maximum Gasteiger partial charge on any atom is 0.130 e. The third-order valence-corrected chi connectivity index (χ3v) is 3.55. The molecule has 0 heterocycles. The van der Waals surface area contributed by atoms with E-state index in [1.54, 1.807) is 11.8 Å². The average Bonchev–Trinajstić information content (AvgIpc) is 2.45. The van der Waals surface area contributed by atoms with Crippen LogP contribution in [0.2, 0.25) is 0 Å². The van der Waals surface area contributed by atoms with Crippen molar-refractivity contribution >= 4 is 11.8 Å². The summed E-state index contributed by atoms with van der Waals surface area (Å²) >= 11 is 1.67. The SMILES string of the molecule is CCNCc1cc(F)cc(Oc2ccc(SC)cc2)c1. The van der Waals surface area contributed by atoms with Crippen molar-refractivity contribution in [3.8, 4) is 11.5 Å². The molecule has 2 rings (SSSR count). The van der Waals surface area contributed by atoms with Crippen molar-refractivity contribution in [2.24, 2.45) is 0 Å². The number of hydrogen-bond acceptors (Lipinski definition) is 3. The highest BCUT2D eigenvalue weighted by molar-refractivity contribution is 7.98. The molecule has 0 aliphatic heterocycles. The van der Waals surface area contributed by atoms with E-state index in [4.69, 9.17) is 4.74 Å². The molecule has 1 N–H and O–H groups in total. The molecule has 2 nitrogen and oxygen atoms in total. The summed E-state index contributed by atoms with van der Waals surface area (Å²) in [6.07, 6.45) is 2.02. The van der Waals surface area contributed by atoms with Crippen molar-refractivity contribution in [1.82, 2.24) is 5.32 Å². The van der Waals surface area contributed by atoms with Gasteiger partial charge in [0.2, 0.25) is 0 Å². The minimum Gasteiger partial charge on any atom is -0.457 e. The Morgan fingerprint density at radius 2 is 1.85 bits per heavy atom. The van der Waals surface area contributed by atoms with Crippen molar-refractivity contribution in [2.75, 3.05) is 12.8 Å². The number of nitrogens with one attached hydrogen (secondary N) is 1. The Labute approximate surface area is 123 Å². The molecule has 20 heavy (non-hydrogen) atoms. The first kappa shape index (κ1) is 14.9. The lowest BCUT2D eigenvalue weighted by molar-refractivity contribution is 0.475. The number of halogens is 1. The summed E-state index contributed by atoms with van der Waals surface area (Å²) in [5, 5.41) is 3.17. The molecule has 2 aromatic rings. The zero-order valence-corrected chi connectivity index (χ0v) is 12.5. The lowest BCUT2D eigenvalue weighted by Crippen LogP contribution is -2.11. The van der Waals surface area contributed by atoms with Crippen molar-refractivity contribution < 1.29 is 9.13 Å². The minimum absolute atomic E-state index is 0.281. The van der Waals surface area contributed by atoms with Crippen LogP contribution in [-0.2, 0) is 6.54 Å². The molecular formula is C16H18FNOS. The Morgan fingerprint density at radius 3 is 2.50 bits per heavy atom. The first-order valence-corrected chi connectivity index (χ1v) is 7.76.